The van der Waals surface area contributed by atoms with Crippen molar-refractivity contribution in [2.45, 2.75) is 45.8 Å². The van der Waals surface area contributed by atoms with Gasteiger partial charge < -0.3 is 5.32 Å². The van der Waals surface area contributed by atoms with E-state index < -0.39 is 14.6 Å². The molecular formula is C11H25NO2S. The van der Waals surface area contributed by atoms with Crippen LogP contribution in [0.3, 0.4) is 0 Å². The van der Waals surface area contributed by atoms with Gasteiger partial charge in [-0.25, -0.2) is 8.42 Å². The van der Waals surface area contributed by atoms with E-state index in [0.717, 1.165) is 19.5 Å². The zero-order chi connectivity index (χ0) is 12.1. The number of sulfone groups is 1. The average Bonchev–Trinajstić information content (AvgIpc) is 2.09. The maximum absolute atomic E-state index is 11.8. The van der Waals surface area contributed by atoms with Crippen LogP contribution in [0.15, 0.2) is 0 Å². The van der Waals surface area contributed by atoms with Crippen molar-refractivity contribution in [3.05, 3.63) is 0 Å². The first-order valence-corrected chi connectivity index (χ1v) is 7.29. The molecule has 0 fully saturated rings. The number of nitrogens with one attached hydrogen (secondary N) is 1. The lowest BCUT2D eigenvalue weighted by atomic mass is 10.1. The van der Waals surface area contributed by atoms with E-state index in [2.05, 4.69) is 19.2 Å². The van der Waals surface area contributed by atoms with Crippen molar-refractivity contribution >= 4 is 9.84 Å². The van der Waals surface area contributed by atoms with Crippen molar-refractivity contribution in [3.63, 3.8) is 0 Å². The van der Waals surface area contributed by atoms with E-state index in [1.165, 1.54) is 0 Å². The van der Waals surface area contributed by atoms with Gasteiger partial charge in [-0.3, -0.25) is 0 Å². The van der Waals surface area contributed by atoms with Crippen molar-refractivity contribution in [1.29, 1.82) is 0 Å². The molecule has 3 nitrogen and oxygen atoms in total. The molecule has 0 saturated heterocycles. The van der Waals surface area contributed by atoms with Gasteiger partial charge in [0.25, 0.3) is 0 Å². The fraction of sp³-hybridized carbons (Fsp3) is 1.00. The molecule has 0 amide bonds. The Labute approximate surface area is 94.6 Å². The molecule has 0 aliphatic heterocycles. The molecule has 0 rings (SSSR count). The summed E-state index contributed by atoms with van der Waals surface area (Å²) in [6.07, 6.45) is 0.743. The summed E-state index contributed by atoms with van der Waals surface area (Å²) >= 11 is 0. The highest BCUT2D eigenvalue weighted by Crippen LogP contribution is 2.18. The fourth-order valence-corrected chi connectivity index (χ4v) is 2.48. The average molecular weight is 235 g/mol. The Bertz CT molecular complexity index is 265. The van der Waals surface area contributed by atoms with E-state index in [4.69, 9.17) is 0 Å². The van der Waals surface area contributed by atoms with Gasteiger partial charge in [-0.15, -0.1) is 0 Å². The van der Waals surface area contributed by atoms with E-state index in [9.17, 15) is 8.42 Å². The molecule has 1 unspecified atom stereocenters. The van der Waals surface area contributed by atoms with Crippen LogP contribution in [-0.4, -0.2) is 32.0 Å². The predicted molar refractivity (Wildman–Crippen MR) is 65.9 cm³/mol. The predicted octanol–water partition coefficient (Wildman–Crippen LogP) is 1.84. The van der Waals surface area contributed by atoms with E-state index in [1.807, 2.05) is 0 Å². The van der Waals surface area contributed by atoms with Gasteiger partial charge in [0.2, 0.25) is 0 Å². The molecule has 1 N–H and O–H groups in total. The van der Waals surface area contributed by atoms with Crippen LogP contribution in [0.4, 0.5) is 0 Å². The summed E-state index contributed by atoms with van der Waals surface area (Å²) in [7, 11) is -2.95. The standard InChI is InChI=1S/C11H25NO2S/c1-6-12-9-10(2)7-8-15(13,14)11(3,4)5/h10,12H,6-9H2,1-5H3. The van der Waals surface area contributed by atoms with Gasteiger partial charge in [-0.1, -0.05) is 13.8 Å². The fourth-order valence-electron chi connectivity index (χ4n) is 1.16. The van der Waals surface area contributed by atoms with Crippen LogP contribution in [-0.2, 0) is 9.84 Å². The molecule has 0 saturated carbocycles. The quantitative estimate of drug-likeness (QED) is 0.764. The zero-order valence-electron chi connectivity index (χ0n) is 10.6. The number of hydrogen-bond acceptors (Lipinski definition) is 3. The van der Waals surface area contributed by atoms with Crippen molar-refractivity contribution in [1.82, 2.24) is 5.32 Å². The summed E-state index contributed by atoms with van der Waals surface area (Å²) in [6, 6.07) is 0. The van der Waals surface area contributed by atoms with E-state index >= 15 is 0 Å². The summed E-state index contributed by atoms with van der Waals surface area (Å²) in [5.41, 5.74) is 0. The first kappa shape index (κ1) is 14.9. The molecule has 0 aromatic carbocycles. The maximum Gasteiger partial charge on any atom is 0.155 e. The molecule has 4 heteroatoms. The Balaban J connectivity index is 4.06. The van der Waals surface area contributed by atoms with Crippen LogP contribution in [0.25, 0.3) is 0 Å². The summed E-state index contributed by atoms with van der Waals surface area (Å²) in [4.78, 5) is 0. The third-order valence-corrected chi connectivity index (χ3v) is 5.19. The molecule has 15 heavy (non-hydrogen) atoms. The van der Waals surface area contributed by atoms with Gasteiger partial charge in [-0.2, -0.15) is 0 Å². The van der Waals surface area contributed by atoms with Crippen LogP contribution in [0, 0.1) is 5.92 Å². The van der Waals surface area contributed by atoms with Crippen LogP contribution < -0.4 is 5.32 Å². The minimum absolute atomic E-state index is 0.295. The number of hydrogen-bond donors (Lipinski definition) is 1. The lowest BCUT2D eigenvalue weighted by Gasteiger charge is -2.20. The summed E-state index contributed by atoms with van der Waals surface area (Å²) < 4.78 is 23.0. The molecule has 0 aromatic heterocycles. The lowest BCUT2D eigenvalue weighted by molar-refractivity contribution is 0.498. The second kappa shape index (κ2) is 5.85. The van der Waals surface area contributed by atoms with Crippen LogP contribution in [0.1, 0.15) is 41.0 Å². The molecule has 0 radical (unpaired) electrons. The third-order valence-electron chi connectivity index (χ3n) is 2.56. The SMILES string of the molecule is CCNCC(C)CCS(=O)(=O)C(C)(C)C. The topological polar surface area (TPSA) is 46.2 Å². The first-order valence-electron chi connectivity index (χ1n) is 5.63. The largest absolute Gasteiger partial charge is 0.317 e. The van der Waals surface area contributed by atoms with Gasteiger partial charge in [-0.05, 0) is 46.2 Å². The normalized spacial score (nSPS) is 15.3. The van der Waals surface area contributed by atoms with Crippen LogP contribution in [0.2, 0.25) is 0 Å². The lowest BCUT2D eigenvalue weighted by Crippen LogP contribution is -2.32. The second-order valence-electron chi connectivity index (χ2n) is 5.13. The van der Waals surface area contributed by atoms with E-state index in [-0.39, 0.29) is 0 Å². The summed E-state index contributed by atoms with van der Waals surface area (Å²) in [5.74, 6) is 0.713. The maximum atomic E-state index is 11.8. The summed E-state index contributed by atoms with van der Waals surface area (Å²) in [5, 5.41) is 3.23. The smallest absolute Gasteiger partial charge is 0.155 e. The van der Waals surface area contributed by atoms with Crippen molar-refractivity contribution in [2.24, 2.45) is 5.92 Å². The minimum atomic E-state index is -2.95. The molecule has 0 heterocycles. The van der Waals surface area contributed by atoms with E-state index in [0.29, 0.717) is 11.7 Å². The first-order chi connectivity index (χ1) is 6.70. The molecule has 1 atom stereocenters. The highest BCUT2D eigenvalue weighted by atomic mass is 32.2. The highest BCUT2D eigenvalue weighted by Gasteiger charge is 2.28. The van der Waals surface area contributed by atoms with Gasteiger partial charge in [0.15, 0.2) is 9.84 Å². The Morgan fingerprint density at radius 2 is 1.80 bits per heavy atom. The molecule has 0 spiro atoms. The molecule has 0 aliphatic rings. The Morgan fingerprint density at radius 1 is 1.27 bits per heavy atom. The third kappa shape index (κ3) is 5.52. The van der Waals surface area contributed by atoms with Gasteiger partial charge >= 0.3 is 0 Å². The van der Waals surface area contributed by atoms with Crippen molar-refractivity contribution < 1.29 is 8.42 Å². The van der Waals surface area contributed by atoms with Gasteiger partial charge in [0.05, 0.1) is 10.5 Å². The summed E-state index contributed by atoms with van der Waals surface area (Å²) in [6.45, 7) is 11.3. The minimum Gasteiger partial charge on any atom is -0.317 e. The van der Waals surface area contributed by atoms with Gasteiger partial charge in [0.1, 0.15) is 0 Å². The molecular weight excluding hydrogens is 210 g/mol. The molecule has 0 aromatic rings. The second-order valence-corrected chi connectivity index (χ2v) is 8.00. The van der Waals surface area contributed by atoms with Crippen molar-refractivity contribution in [3.8, 4) is 0 Å². The molecule has 92 valence electrons. The molecule has 0 aliphatic carbocycles. The van der Waals surface area contributed by atoms with E-state index in [1.54, 1.807) is 20.8 Å². The number of rotatable bonds is 6. The monoisotopic (exact) mass is 235 g/mol. The zero-order valence-corrected chi connectivity index (χ0v) is 11.4. The van der Waals surface area contributed by atoms with Crippen LogP contribution >= 0.6 is 0 Å². The Hall–Kier alpha value is -0.0900. The van der Waals surface area contributed by atoms with Crippen LogP contribution in [0.5, 0.6) is 0 Å². The highest BCUT2D eigenvalue weighted by molar-refractivity contribution is 7.92. The van der Waals surface area contributed by atoms with Gasteiger partial charge in [0, 0.05) is 0 Å². The molecule has 0 bridgehead atoms. The Kier molecular flexibility index (Phi) is 5.81. The van der Waals surface area contributed by atoms with Crippen molar-refractivity contribution in [2.75, 3.05) is 18.8 Å². The Morgan fingerprint density at radius 3 is 2.20 bits per heavy atom.